The molecule has 162 valence electrons. The molecule has 2 aromatic carbocycles. The Morgan fingerprint density at radius 1 is 1.03 bits per heavy atom. The number of nitrogens with zero attached hydrogens (tertiary/aromatic N) is 3. The van der Waals surface area contributed by atoms with E-state index in [0.717, 1.165) is 37.2 Å². The standard InChI is InChI=1S/C23H24ClN3O4/c24-19-13-17(25-10-3-4-11-25)7-8-18(19)23(31)27-15-21(28)26(12-9-22(29)30)14-16-5-1-2-6-20(16)27/h1-2,5-8,13H,3-4,9-12,14-15H2,(H,29,30). The van der Waals surface area contributed by atoms with Crippen LogP contribution in [0.5, 0.6) is 0 Å². The number of amides is 2. The minimum atomic E-state index is -0.969. The second-order valence-electron chi connectivity index (χ2n) is 7.84. The van der Waals surface area contributed by atoms with Crippen LogP contribution in [0.4, 0.5) is 11.4 Å². The molecular formula is C23H24ClN3O4. The number of carbonyl (C=O) groups excluding carboxylic acids is 2. The number of aliphatic carboxylic acids is 1. The smallest absolute Gasteiger partial charge is 0.305 e. The van der Waals surface area contributed by atoms with Crippen LogP contribution < -0.4 is 9.80 Å². The Labute approximate surface area is 185 Å². The predicted molar refractivity (Wildman–Crippen MR) is 119 cm³/mol. The number of para-hydroxylation sites is 1. The summed E-state index contributed by atoms with van der Waals surface area (Å²) < 4.78 is 0. The lowest BCUT2D eigenvalue weighted by atomic mass is 10.1. The molecule has 4 rings (SSSR count). The predicted octanol–water partition coefficient (Wildman–Crippen LogP) is 3.40. The molecule has 2 aliphatic heterocycles. The van der Waals surface area contributed by atoms with E-state index in [2.05, 4.69) is 4.90 Å². The first kappa shape index (κ1) is 21.2. The number of carbonyl (C=O) groups is 3. The maximum absolute atomic E-state index is 13.4. The molecule has 0 atom stereocenters. The summed E-state index contributed by atoms with van der Waals surface area (Å²) in [5.41, 5.74) is 2.76. The highest BCUT2D eigenvalue weighted by atomic mass is 35.5. The van der Waals surface area contributed by atoms with Crippen molar-refractivity contribution in [3.05, 3.63) is 58.6 Å². The molecule has 0 radical (unpaired) electrons. The molecular weight excluding hydrogens is 418 g/mol. The minimum Gasteiger partial charge on any atom is -0.481 e. The molecule has 0 spiro atoms. The SMILES string of the molecule is O=C(O)CCN1Cc2ccccc2N(C(=O)c2ccc(N3CCCC3)cc2Cl)CC1=O. The summed E-state index contributed by atoms with van der Waals surface area (Å²) in [4.78, 5) is 42.4. The summed E-state index contributed by atoms with van der Waals surface area (Å²) in [6.07, 6.45) is 2.14. The van der Waals surface area contributed by atoms with Gasteiger partial charge in [-0.2, -0.15) is 0 Å². The van der Waals surface area contributed by atoms with Crippen molar-refractivity contribution in [3.63, 3.8) is 0 Å². The zero-order valence-corrected chi connectivity index (χ0v) is 17.8. The normalized spacial score (nSPS) is 16.3. The molecule has 1 saturated heterocycles. The van der Waals surface area contributed by atoms with Crippen LogP contribution in [0.25, 0.3) is 0 Å². The molecule has 8 heteroatoms. The topological polar surface area (TPSA) is 81.2 Å². The molecule has 31 heavy (non-hydrogen) atoms. The molecule has 1 N–H and O–H groups in total. The molecule has 2 heterocycles. The molecule has 2 aliphatic rings. The Morgan fingerprint density at radius 3 is 2.48 bits per heavy atom. The van der Waals surface area contributed by atoms with Gasteiger partial charge in [0.1, 0.15) is 6.54 Å². The molecule has 0 saturated carbocycles. The number of anilines is 2. The average molecular weight is 442 g/mol. The average Bonchev–Trinajstić information content (AvgIpc) is 3.25. The van der Waals surface area contributed by atoms with Gasteiger partial charge in [-0.15, -0.1) is 0 Å². The largest absolute Gasteiger partial charge is 0.481 e. The molecule has 0 aromatic heterocycles. The number of hydrogen-bond donors (Lipinski definition) is 1. The van der Waals surface area contributed by atoms with E-state index in [1.807, 2.05) is 30.3 Å². The first-order valence-electron chi connectivity index (χ1n) is 10.4. The van der Waals surface area contributed by atoms with Crippen molar-refractivity contribution in [1.29, 1.82) is 0 Å². The Bertz CT molecular complexity index is 1020. The monoisotopic (exact) mass is 441 g/mol. The van der Waals surface area contributed by atoms with Crippen LogP contribution in [-0.2, 0) is 16.1 Å². The molecule has 0 aliphatic carbocycles. The number of benzene rings is 2. The van der Waals surface area contributed by atoms with Crippen LogP contribution in [-0.4, -0.2) is 54.0 Å². The number of rotatable bonds is 5. The van der Waals surface area contributed by atoms with Gasteiger partial charge in [0.25, 0.3) is 5.91 Å². The lowest BCUT2D eigenvalue weighted by Crippen LogP contribution is -2.41. The van der Waals surface area contributed by atoms with E-state index < -0.39 is 5.97 Å². The van der Waals surface area contributed by atoms with Crippen LogP contribution in [0.2, 0.25) is 5.02 Å². The molecule has 2 aromatic rings. The Morgan fingerprint density at radius 2 is 1.77 bits per heavy atom. The number of carboxylic acids is 1. The van der Waals surface area contributed by atoms with Crippen molar-refractivity contribution in [1.82, 2.24) is 4.90 Å². The third-order valence-electron chi connectivity index (χ3n) is 5.78. The lowest BCUT2D eigenvalue weighted by molar-refractivity contribution is -0.138. The summed E-state index contributed by atoms with van der Waals surface area (Å²) in [6, 6.07) is 12.7. The first-order chi connectivity index (χ1) is 14.9. The van der Waals surface area contributed by atoms with Gasteiger partial charge in [0, 0.05) is 37.6 Å². The maximum atomic E-state index is 13.4. The van der Waals surface area contributed by atoms with E-state index in [4.69, 9.17) is 16.7 Å². The third-order valence-corrected chi connectivity index (χ3v) is 6.10. The lowest BCUT2D eigenvalue weighted by Gasteiger charge is -2.24. The molecule has 0 bridgehead atoms. The van der Waals surface area contributed by atoms with Crippen LogP contribution in [0, 0.1) is 0 Å². The Balaban J connectivity index is 1.63. The van der Waals surface area contributed by atoms with Crippen LogP contribution in [0.1, 0.15) is 35.2 Å². The van der Waals surface area contributed by atoms with E-state index in [0.29, 0.717) is 16.3 Å². The van der Waals surface area contributed by atoms with Gasteiger partial charge in [0.15, 0.2) is 0 Å². The van der Waals surface area contributed by atoms with Crippen LogP contribution >= 0.6 is 11.6 Å². The molecule has 0 unspecified atom stereocenters. The first-order valence-corrected chi connectivity index (χ1v) is 10.8. The summed E-state index contributed by atoms with van der Waals surface area (Å²) in [5.74, 6) is -1.61. The zero-order valence-electron chi connectivity index (χ0n) is 17.1. The van der Waals surface area contributed by atoms with E-state index in [9.17, 15) is 14.4 Å². The van der Waals surface area contributed by atoms with E-state index in [1.165, 1.54) is 9.80 Å². The number of carboxylic acid groups (broad SMARTS) is 1. The van der Waals surface area contributed by atoms with Gasteiger partial charge in [-0.1, -0.05) is 29.8 Å². The third kappa shape index (κ3) is 4.51. The zero-order chi connectivity index (χ0) is 22.0. The van der Waals surface area contributed by atoms with Crippen molar-refractivity contribution in [2.75, 3.05) is 36.0 Å². The fourth-order valence-electron chi connectivity index (χ4n) is 4.13. The highest BCUT2D eigenvalue weighted by Gasteiger charge is 2.30. The maximum Gasteiger partial charge on any atom is 0.305 e. The number of fused-ring (bicyclic) bond motifs is 1. The fourth-order valence-corrected chi connectivity index (χ4v) is 4.39. The van der Waals surface area contributed by atoms with Crippen molar-refractivity contribution in [2.45, 2.75) is 25.8 Å². The summed E-state index contributed by atoms with van der Waals surface area (Å²) in [7, 11) is 0. The van der Waals surface area contributed by atoms with Crippen molar-refractivity contribution >= 4 is 40.8 Å². The van der Waals surface area contributed by atoms with Gasteiger partial charge in [0.05, 0.1) is 17.0 Å². The van der Waals surface area contributed by atoms with E-state index in [1.54, 1.807) is 12.1 Å². The highest BCUT2D eigenvalue weighted by Crippen LogP contribution is 2.31. The number of hydrogen-bond acceptors (Lipinski definition) is 4. The second kappa shape index (κ2) is 8.98. The molecule has 7 nitrogen and oxygen atoms in total. The van der Waals surface area contributed by atoms with E-state index in [-0.39, 0.29) is 37.9 Å². The van der Waals surface area contributed by atoms with E-state index >= 15 is 0 Å². The van der Waals surface area contributed by atoms with Crippen LogP contribution in [0.15, 0.2) is 42.5 Å². The number of halogens is 1. The van der Waals surface area contributed by atoms with Crippen molar-refractivity contribution < 1.29 is 19.5 Å². The minimum absolute atomic E-state index is 0.0931. The van der Waals surface area contributed by atoms with Gasteiger partial charge in [0.2, 0.25) is 5.91 Å². The van der Waals surface area contributed by atoms with Crippen molar-refractivity contribution in [3.8, 4) is 0 Å². The Kier molecular flexibility index (Phi) is 6.13. The second-order valence-corrected chi connectivity index (χ2v) is 8.24. The van der Waals surface area contributed by atoms with Gasteiger partial charge in [-0.25, -0.2) is 0 Å². The quantitative estimate of drug-likeness (QED) is 0.769. The van der Waals surface area contributed by atoms with Gasteiger partial charge >= 0.3 is 5.97 Å². The molecule has 1 fully saturated rings. The van der Waals surface area contributed by atoms with Gasteiger partial charge in [-0.05, 0) is 42.7 Å². The Hall–Kier alpha value is -3.06. The fraction of sp³-hybridized carbons (Fsp3) is 0.348. The summed E-state index contributed by atoms with van der Waals surface area (Å²) in [6.45, 7) is 2.14. The summed E-state index contributed by atoms with van der Waals surface area (Å²) >= 11 is 6.50. The van der Waals surface area contributed by atoms with Crippen LogP contribution in [0.3, 0.4) is 0 Å². The highest BCUT2D eigenvalue weighted by molar-refractivity contribution is 6.35. The summed E-state index contributed by atoms with van der Waals surface area (Å²) in [5, 5.41) is 9.35. The molecule has 2 amide bonds. The van der Waals surface area contributed by atoms with Crippen molar-refractivity contribution in [2.24, 2.45) is 0 Å². The van der Waals surface area contributed by atoms with Gasteiger partial charge in [-0.3, -0.25) is 19.3 Å². The van der Waals surface area contributed by atoms with Gasteiger partial charge < -0.3 is 14.9 Å².